The molecule has 0 bridgehead atoms. The van der Waals surface area contributed by atoms with E-state index >= 15 is 0 Å². The second kappa shape index (κ2) is 15.1. The van der Waals surface area contributed by atoms with Crippen LogP contribution in [0.1, 0.15) is 0 Å². The van der Waals surface area contributed by atoms with Gasteiger partial charge in [0.2, 0.25) is 0 Å². The second-order valence-corrected chi connectivity index (χ2v) is 16.8. The van der Waals surface area contributed by atoms with Crippen molar-refractivity contribution in [3.63, 3.8) is 0 Å². The summed E-state index contributed by atoms with van der Waals surface area (Å²) in [5.41, 5.74) is 4.75. The van der Waals surface area contributed by atoms with Crippen molar-refractivity contribution in [2.45, 2.75) is 0 Å². The Morgan fingerprint density at radius 1 is 0.258 bits per heavy atom. The lowest BCUT2D eigenvalue weighted by molar-refractivity contribution is 0.669. The average Bonchev–Trinajstić information content (AvgIpc) is 3.69. The molecule has 66 heavy (non-hydrogen) atoms. The van der Waals surface area contributed by atoms with Crippen LogP contribution < -0.4 is 81.9 Å². The Hall–Kier alpha value is -5.73. The van der Waals surface area contributed by atoms with Gasteiger partial charge in [0.15, 0.2) is 0 Å². The molecule has 1 heterocycles. The first-order valence-corrected chi connectivity index (χ1v) is 20.7. The van der Waals surface area contributed by atoms with Gasteiger partial charge in [-0.3, -0.25) is 0 Å². The molecule has 11 rings (SSSR count). The summed E-state index contributed by atoms with van der Waals surface area (Å²) < 4.78 is 6.52. The van der Waals surface area contributed by atoms with Crippen molar-refractivity contribution < 1.29 is 4.42 Å². The van der Waals surface area contributed by atoms with Crippen molar-refractivity contribution in [1.29, 1.82) is 0 Å². The highest BCUT2D eigenvalue weighted by atomic mass is 16.3. The monoisotopic (exact) mass is 796 g/mol. The van der Waals surface area contributed by atoms with Crippen LogP contribution in [0.3, 0.4) is 0 Å². The molecule has 0 spiro atoms. The van der Waals surface area contributed by atoms with Gasteiger partial charge in [-0.15, -0.1) is 38.2 Å². The molecule has 1 nitrogen and oxygen atoms in total. The number of hydrogen-bond acceptors (Lipinski definition) is 1. The number of rotatable bonds is 3. The number of furan rings is 1. The molecule has 11 aromatic rings. The fraction of sp³-hybridized carbons (Fsp3) is 0. The third kappa shape index (κ3) is 5.75. The fourth-order valence-electron chi connectivity index (χ4n) is 10.1. The Morgan fingerprint density at radius 3 is 1.24 bits per heavy atom. The van der Waals surface area contributed by atoms with Crippen LogP contribution in [0, 0.1) is 0 Å². The predicted molar refractivity (Wildman–Crippen MR) is 298 cm³/mol. The van der Waals surface area contributed by atoms with E-state index in [1.165, 1.54) is 0 Å². The van der Waals surface area contributed by atoms with Crippen molar-refractivity contribution in [2.75, 3.05) is 0 Å². The van der Waals surface area contributed by atoms with Gasteiger partial charge in [-0.05, 0) is 118 Å². The standard InChI is InChI=1S/C50H15B15O/c51-36-29-27(22-14-19(12-18-8-3-4-9-20(18)22)21-10-5-11-24-26(21)23-13-16-6-1-2-7-17(16)15-25(23)66-24)30-32(40(55)48(63)46(61)37(30)52)28(31(29)39(54)47(62)45(36)60)33-34-35(42(57)44(59)38(33)53)43(58)50(65)49(64)41(34)56/h1-15H. The first kappa shape index (κ1) is 42.9. The Kier molecular flexibility index (Phi) is 9.84. The first-order valence-electron chi connectivity index (χ1n) is 20.7. The van der Waals surface area contributed by atoms with E-state index in [9.17, 15) is 0 Å². The summed E-state index contributed by atoms with van der Waals surface area (Å²) in [5.74, 6) is 0. The van der Waals surface area contributed by atoms with Crippen molar-refractivity contribution >= 4 is 275 Å². The minimum absolute atomic E-state index is 0.00645. The van der Waals surface area contributed by atoms with Gasteiger partial charge in [0, 0.05) is 10.8 Å². The summed E-state index contributed by atoms with van der Waals surface area (Å²) >= 11 is 0. The van der Waals surface area contributed by atoms with Crippen molar-refractivity contribution in [3.8, 4) is 33.4 Å². The molecule has 16 heteroatoms. The summed E-state index contributed by atoms with van der Waals surface area (Å²) in [6.45, 7) is 0. The SMILES string of the molecule is [B]c1c([B])c([B])c2c(-c3c4c([B])c([B])c([B])c([B])c4c(-c4cc(-c5cccc6oc7cc8ccccc8cc7c56)cc5ccccc45)c4c([B])c([B])c([B])c([B])c34)c([B])c([B])c([B])c2c1[B]. The lowest BCUT2D eigenvalue weighted by Gasteiger charge is -2.32. The smallest absolute Gasteiger partial charge is 0.136 e. The molecule has 0 aliphatic rings. The maximum atomic E-state index is 7.23. The predicted octanol–water partition coefficient (Wildman–Crippen LogP) is -3.74. The van der Waals surface area contributed by atoms with Gasteiger partial charge in [-0.25, -0.2) is 0 Å². The summed E-state index contributed by atoms with van der Waals surface area (Å²) in [6, 6.07) is 30.4. The molecule has 0 amide bonds. The van der Waals surface area contributed by atoms with Crippen LogP contribution in [0.5, 0.6) is 0 Å². The largest absolute Gasteiger partial charge is 0.456 e. The van der Waals surface area contributed by atoms with Crippen LogP contribution in [0.15, 0.2) is 95.4 Å². The van der Waals surface area contributed by atoms with Crippen LogP contribution in [-0.4, -0.2) is 118 Å². The third-order valence-corrected chi connectivity index (χ3v) is 13.4. The normalized spacial score (nSPS) is 11.9. The van der Waals surface area contributed by atoms with Gasteiger partial charge >= 0.3 is 0 Å². The molecule has 0 fully saturated rings. The van der Waals surface area contributed by atoms with Gasteiger partial charge in [-0.2, -0.15) is 0 Å². The van der Waals surface area contributed by atoms with E-state index in [4.69, 9.17) is 122 Å². The molecule has 0 unspecified atom stereocenters. The number of fused-ring (bicyclic) bond motifs is 8. The Morgan fingerprint density at radius 2 is 0.697 bits per heavy atom. The van der Waals surface area contributed by atoms with Crippen LogP contribution in [-0.2, 0) is 0 Å². The van der Waals surface area contributed by atoms with Crippen LogP contribution >= 0.6 is 0 Å². The molecule has 0 saturated heterocycles. The maximum absolute atomic E-state index is 7.23. The molecular weight excluding hydrogens is 779 g/mol. The number of benzene rings is 10. The Labute approximate surface area is 401 Å². The van der Waals surface area contributed by atoms with Crippen molar-refractivity contribution in [2.24, 2.45) is 0 Å². The van der Waals surface area contributed by atoms with E-state index in [0.717, 1.165) is 49.0 Å². The number of hydrogen-bond donors (Lipinski definition) is 0. The Balaban J connectivity index is 1.39. The molecule has 0 saturated carbocycles. The van der Waals surface area contributed by atoms with Crippen molar-refractivity contribution in [1.82, 2.24) is 0 Å². The van der Waals surface area contributed by atoms with Gasteiger partial charge in [0.05, 0.1) is 0 Å². The fourth-order valence-corrected chi connectivity index (χ4v) is 10.1. The molecule has 10 aromatic carbocycles. The zero-order valence-electron chi connectivity index (χ0n) is 35.2. The average molecular weight is 794 g/mol. The highest BCUT2D eigenvalue weighted by molar-refractivity contribution is 6.75. The molecule has 0 aliphatic heterocycles. The van der Waals surface area contributed by atoms with Gasteiger partial charge < -0.3 is 4.42 Å². The Bertz CT molecular complexity index is 3970. The zero-order valence-corrected chi connectivity index (χ0v) is 35.2. The van der Waals surface area contributed by atoms with Gasteiger partial charge in [-0.1, -0.05) is 104 Å². The minimum Gasteiger partial charge on any atom is -0.456 e. The molecule has 0 N–H and O–H groups in total. The molecule has 0 aliphatic carbocycles. The second-order valence-electron chi connectivity index (χ2n) is 16.8. The van der Waals surface area contributed by atoms with E-state index in [0.29, 0.717) is 27.5 Å². The topological polar surface area (TPSA) is 13.1 Å². The highest BCUT2D eigenvalue weighted by Crippen LogP contribution is 2.46. The van der Waals surface area contributed by atoms with Crippen LogP contribution in [0.25, 0.3) is 109 Å². The lowest BCUT2D eigenvalue weighted by Crippen LogP contribution is -2.53. The molecule has 266 valence electrons. The summed E-state index contributed by atoms with van der Waals surface area (Å²) in [7, 11) is 103. The van der Waals surface area contributed by atoms with Crippen LogP contribution in [0.4, 0.5) is 0 Å². The minimum atomic E-state index is -0.0456. The van der Waals surface area contributed by atoms with Crippen molar-refractivity contribution in [3.05, 3.63) is 91.0 Å². The molecule has 30 radical (unpaired) electrons. The van der Waals surface area contributed by atoms with E-state index < -0.39 is 0 Å². The molecular formula is C50H15B15O. The van der Waals surface area contributed by atoms with E-state index in [1.807, 2.05) is 48.5 Å². The quantitative estimate of drug-likeness (QED) is 0.133. The highest BCUT2D eigenvalue weighted by Gasteiger charge is 2.29. The van der Waals surface area contributed by atoms with E-state index in [2.05, 4.69) is 42.5 Å². The maximum Gasteiger partial charge on any atom is 0.136 e. The first-order chi connectivity index (χ1) is 31.5. The van der Waals surface area contributed by atoms with E-state index in [-0.39, 0.29) is 115 Å². The van der Waals surface area contributed by atoms with Crippen LogP contribution in [0.2, 0.25) is 0 Å². The van der Waals surface area contributed by atoms with Gasteiger partial charge in [0.25, 0.3) is 0 Å². The zero-order chi connectivity index (χ0) is 46.5. The summed E-state index contributed by atoms with van der Waals surface area (Å²) in [6.07, 6.45) is 0. The lowest BCUT2D eigenvalue weighted by atomic mass is 9.56. The molecule has 0 atom stereocenters. The summed E-state index contributed by atoms with van der Waals surface area (Å²) in [4.78, 5) is 0. The molecule has 1 aromatic heterocycles. The third-order valence-electron chi connectivity index (χ3n) is 13.4. The summed E-state index contributed by atoms with van der Waals surface area (Å²) in [5, 5.41) is 7.22. The van der Waals surface area contributed by atoms with Gasteiger partial charge in [0.1, 0.15) is 129 Å². The van der Waals surface area contributed by atoms with E-state index in [1.54, 1.807) is 0 Å².